The normalized spacial score (nSPS) is 9.47. The highest BCUT2D eigenvalue weighted by molar-refractivity contribution is 5.82. The molecule has 0 nitrogen and oxygen atoms in total. The summed E-state index contributed by atoms with van der Waals surface area (Å²) in [6.45, 7) is 99.1. The second kappa shape index (κ2) is 125. The van der Waals surface area contributed by atoms with Crippen molar-refractivity contribution in [2.45, 2.75) is 328 Å². The Morgan fingerprint density at radius 2 is 0.254 bits per heavy atom. The smallest absolute Gasteiger partial charge is 0.0158 e. The average Bonchev–Trinajstić information content (AvgIpc) is 1.61. The molecular weight excluding hydrogens is 1660 g/mol. The molecule has 764 valence electrons. The predicted molar refractivity (Wildman–Crippen MR) is 651 cm³/mol. The number of hydrogen-bond acceptors (Lipinski definition) is 0. The third-order valence-corrected chi connectivity index (χ3v) is 17.1. The molecule has 0 atom stereocenters. The van der Waals surface area contributed by atoms with Gasteiger partial charge in [0.2, 0.25) is 0 Å². The van der Waals surface area contributed by atoms with E-state index in [4.69, 9.17) is 0 Å². The van der Waals surface area contributed by atoms with E-state index in [1.54, 1.807) is 12.2 Å². The fourth-order valence-corrected chi connectivity index (χ4v) is 11.6. The van der Waals surface area contributed by atoms with E-state index in [2.05, 4.69) is 238 Å². The van der Waals surface area contributed by atoms with Crippen LogP contribution < -0.4 is 0 Å². The first-order valence-electron chi connectivity index (χ1n) is 53.3. The number of benzene rings is 14. The van der Waals surface area contributed by atoms with Crippen molar-refractivity contribution >= 4 is 0 Å². The maximum Gasteiger partial charge on any atom is 0.0158 e. The molecule has 0 saturated heterocycles. The van der Waals surface area contributed by atoms with Crippen LogP contribution in [0.15, 0.2) is 462 Å². The van der Waals surface area contributed by atoms with E-state index in [1.165, 1.54) is 77.9 Å². The third kappa shape index (κ3) is 74.5. The first-order chi connectivity index (χ1) is 67.7. The summed E-state index contributed by atoms with van der Waals surface area (Å²) in [5, 5.41) is 0. The van der Waals surface area contributed by atoms with Crippen molar-refractivity contribution in [1.82, 2.24) is 0 Å². The van der Waals surface area contributed by atoms with Crippen molar-refractivity contribution in [1.29, 1.82) is 0 Å². The molecule has 17 rings (SSSR count). The van der Waals surface area contributed by atoms with Crippen molar-refractivity contribution < 1.29 is 0 Å². The molecule has 0 heteroatoms. The molecule has 0 N–H and O–H groups in total. The van der Waals surface area contributed by atoms with Gasteiger partial charge in [0, 0.05) is 16.2 Å². The summed E-state index contributed by atoms with van der Waals surface area (Å²) in [6, 6.07) is 145. The zero-order valence-corrected chi connectivity index (χ0v) is 97.6. The Hall–Kier alpha value is -11.7. The first kappa shape index (κ1) is 154. The molecule has 138 heavy (non-hydrogen) atoms. The number of rotatable bonds is 2. The number of aryl methyl sites for hydroxylation is 2. The standard InChI is InChI=1S/3C15H14.2C7H8.C7H10.6C6H6.18C2H6/c3*1-15(2)13-9-5-3-7-11(13)12-8-4-6-10-14(12)15;2*1-7-5-3-2-4-6-7;1-4-6-7(3)5-2;6*1-2-4-6-5-3-1;18*1-2/h3*3-10H,1-2H3;2*2-6H,1H3;4-6H,1-2H2,3H3;6*1-6H;18*1-2H3/b;;;;;7-6-;;;;;;;;;;;;;;;;;;;;;;;;. The number of hydrogen-bond donors (Lipinski definition) is 0. The molecule has 3 aliphatic rings. The SMILES string of the molecule is C=C/C=C(/C)C=C.CC.CC.CC.CC.CC.CC.CC.CC.CC.CC.CC.CC.CC.CC.CC.CC.CC.CC.CC1(C)c2ccccc2-c2ccccc21.CC1(C)c2ccccc2-c2ccccc21.CC1(C)c2ccccc2-c2ccccc21.Cc1ccccc1.Cc1ccccc1.c1ccccc1.c1ccccc1.c1ccccc1.c1ccccc1.c1ccccc1.c1ccccc1. The van der Waals surface area contributed by atoms with Crippen LogP contribution in [0.3, 0.4) is 0 Å². The lowest BCUT2D eigenvalue weighted by Crippen LogP contribution is -2.14. The molecule has 0 saturated carbocycles. The van der Waals surface area contributed by atoms with Gasteiger partial charge >= 0.3 is 0 Å². The van der Waals surface area contributed by atoms with Crippen LogP contribution >= 0.6 is 0 Å². The van der Waals surface area contributed by atoms with Crippen LogP contribution in [-0.2, 0) is 16.2 Å². The second-order valence-electron chi connectivity index (χ2n) is 25.7. The summed E-state index contributed by atoms with van der Waals surface area (Å²) < 4.78 is 0. The molecule has 14 aromatic rings. The van der Waals surface area contributed by atoms with E-state index < -0.39 is 0 Å². The Morgan fingerprint density at radius 1 is 0.159 bits per heavy atom. The summed E-state index contributed by atoms with van der Waals surface area (Å²) in [6.07, 6.45) is 5.45. The van der Waals surface area contributed by atoms with Crippen LogP contribution in [0.2, 0.25) is 0 Å². The van der Waals surface area contributed by atoms with Gasteiger partial charge in [-0.1, -0.05) is 764 Å². The minimum absolute atomic E-state index is 0.160. The molecule has 0 heterocycles. The van der Waals surface area contributed by atoms with Gasteiger partial charge < -0.3 is 0 Å². The Morgan fingerprint density at radius 3 is 0.333 bits per heavy atom. The Balaban J connectivity index is -0.000000110. The zero-order valence-electron chi connectivity index (χ0n) is 97.6. The molecule has 0 bridgehead atoms. The van der Waals surface area contributed by atoms with E-state index in [1.807, 2.05) is 517 Å². The summed E-state index contributed by atoms with van der Waals surface area (Å²) in [7, 11) is 0. The largest absolute Gasteiger partial charge is 0.0991 e. The summed E-state index contributed by atoms with van der Waals surface area (Å²) >= 11 is 0. The summed E-state index contributed by atoms with van der Waals surface area (Å²) in [5.41, 5.74) is 21.4. The van der Waals surface area contributed by atoms with Gasteiger partial charge in [-0.2, -0.15) is 0 Å². The van der Waals surface area contributed by atoms with E-state index in [0.717, 1.165) is 5.57 Å². The van der Waals surface area contributed by atoms with Crippen molar-refractivity contribution in [3.63, 3.8) is 0 Å². The van der Waals surface area contributed by atoms with Gasteiger partial charge in [-0.15, -0.1) is 0 Å². The average molecular weight is 1870 g/mol. The zero-order chi connectivity index (χ0) is 109. The van der Waals surface area contributed by atoms with E-state index in [0.29, 0.717) is 0 Å². The molecule has 14 aromatic carbocycles. The fraction of sp³-hybridized carbons (Fsp3) is 0.348. The summed E-state index contributed by atoms with van der Waals surface area (Å²) in [5.74, 6) is 0. The van der Waals surface area contributed by atoms with Gasteiger partial charge in [-0.25, -0.2) is 0 Å². The molecule has 0 amide bonds. The first-order valence-corrected chi connectivity index (χ1v) is 53.3. The third-order valence-electron chi connectivity index (χ3n) is 17.1. The van der Waals surface area contributed by atoms with Gasteiger partial charge in [0.1, 0.15) is 0 Å². The maximum atomic E-state index is 3.56. The van der Waals surface area contributed by atoms with E-state index in [9.17, 15) is 0 Å². The van der Waals surface area contributed by atoms with E-state index in [-0.39, 0.29) is 16.2 Å². The molecule has 0 unspecified atom stereocenters. The van der Waals surface area contributed by atoms with Crippen molar-refractivity contribution in [2.75, 3.05) is 0 Å². The molecule has 3 aliphatic carbocycles. The highest BCUT2D eigenvalue weighted by Crippen LogP contribution is 2.50. The minimum atomic E-state index is 0.160. The monoisotopic (exact) mass is 1870 g/mol. The van der Waals surface area contributed by atoms with Crippen LogP contribution in [0.5, 0.6) is 0 Å². The molecule has 0 spiro atoms. The lowest BCUT2D eigenvalue weighted by Gasteiger charge is -2.20. The van der Waals surface area contributed by atoms with Crippen LogP contribution in [-0.4, -0.2) is 0 Å². The molecule has 0 aromatic heterocycles. The minimum Gasteiger partial charge on any atom is -0.0991 e. The van der Waals surface area contributed by atoms with Gasteiger partial charge in [-0.05, 0) is 87.5 Å². The highest BCUT2D eigenvalue weighted by Gasteiger charge is 2.36. The highest BCUT2D eigenvalue weighted by atomic mass is 14.4. The fourth-order valence-electron chi connectivity index (χ4n) is 11.6. The maximum absolute atomic E-state index is 3.56. The van der Waals surface area contributed by atoms with Crippen molar-refractivity contribution in [3.05, 3.63) is 506 Å². The van der Waals surface area contributed by atoms with Crippen LogP contribution in [0.25, 0.3) is 33.4 Å². The molecule has 0 fully saturated rings. The Bertz CT molecular complexity index is 3680. The Kier molecular flexibility index (Phi) is 140. The number of fused-ring (bicyclic) bond motifs is 9. The van der Waals surface area contributed by atoms with Gasteiger partial charge in [0.05, 0.1) is 0 Å². The van der Waals surface area contributed by atoms with Crippen LogP contribution in [0.4, 0.5) is 0 Å². The van der Waals surface area contributed by atoms with Crippen molar-refractivity contribution in [3.8, 4) is 33.4 Å². The lowest BCUT2D eigenvalue weighted by molar-refractivity contribution is 0.660. The second-order valence-corrected chi connectivity index (χ2v) is 25.7. The molecule has 0 aliphatic heterocycles. The predicted octanol–water partition coefficient (Wildman–Crippen LogP) is 46.9. The Labute approximate surface area is 861 Å². The van der Waals surface area contributed by atoms with Crippen molar-refractivity contribution in [2.24, 2.45) is 0 Å². The van der Waals surface area contributed by atoms with Gasteiger partial charge in [0.15, 0.2) is 0 Å². The van der Waals surface area contributed by atoms with Crippen LogP contribution in [0.1, 0.15) is 342 Å². The quantitative estimate of drug-likeness (QED) is 0.151. The van der Waals surface area contributed by atoms with Gasteiger partial charge in [-0.3, -0.25) is 0 Å². The lowest BCUT2D eigenvalue weighted by atomic mass is 9.82. The van der Waals surface area contributed by atoms with E-state index >= 15 is 0 Å². The summed E-state index contributed by atoms with van der Waals surface area (Å²) in [4.78, 5) is 0. The molecular formula is C138H212. The topological polar surface area (TPSA) is 0 Å². The van der Waals surface area contributed by atoms with Crippen LogP contribution in [0, 0.1) is 13.8 Å². The molecule has 0 radical (unpaired) electrons. The van der Waals surface area contributed by atoms with Gasteiger partial charge in [0.25, 0.3) is 0 Å². The number of allylic oxidation sites excluding steroid dienone is 4.